The van der Waals surface area contributed by atoms with E-state index in [-0.39, 0.29) is 0 Å². The summed E-state index contributed by atoms with van der Waals surface area (Å²) < 4.78 is 30.7. The van der Waals surface area contributed by atoms with Gasteiger partial charge in [0.05, 0.1) is 22.4 Å². The summed E-state index contributed by atoms with van der Waals surface area (Å²) in [5, 5.41) is 3.12. The molecule has 0 bridgehead atoms. The van der Waals surface area contributed by atoms with Crippen molar-refractivity contribution in [2.45, 2.75) is 37.0 Å². The highest BCUT2D eigenvalue weighted by Gasteiger charge is 2.35. The summed E-state index contributed by atoms with van der Waals surface area (Å²) in [5.41, 5.74) is 0. The molecule has 0 radical (unpaired) electrons. The minimum atomic E-state index is -3.43. The van der Waals surface area contributed by atoms with Crippen molar-refractivity contribution in [3.05, 3.63) is 46.6 Å². The van der Waals surface area contributed by atoms with Gasteiger partial charge in [0.25, 0.3) is 0 Å². The molecular formula is C15H19BrN2O3S. The van der Waals surface area contributed by atoms with Crippen LogP contribution in [0.4, 0.5) is 0 Å². The van der Waals surface area contributed by atoms with E-state index in [4.69, 9.17) is 4.42 Å². The molecule has 0 saturated heterocycles. The molecule has 1 aromatic carbocycles. The average molecular weight is 387 g/mol. The van der Waals surface area contributed by atoms with Gasteiger partial charge in [-0.1, -0.05) is 15.9 Å². The normalized spacial score (nSPS) is 12.5. The summed E-state index contributed by atoms with van der Waals surface area (Å²) in [6.07, 6.45) is 1.64. The first kappa shape index (κ1) is 17.2. The van der Waals surface area contributed by atoms with Crippen molar-refractivity contribution in [3.8, 4) is 0 Å². The molecule has 22 heavy (non-hydrogen) atoms. The number of aryl methyl sites for hydroxylation is 1. The van der Waals surface area contributed by atoms with Gasteiger partial charge in [0.1, 0.15) is 5.76 Å². The first-order chi connectivity index (χ1) is 10.2. The molecule has 0 aliphatic carbocycles. The van der Waals surface area contributed by atoms with Crippen LogP contribution in [-0.2, 0) is 16.4 Å². The third-order valence-electron chi connectivity index (χ3n) is 3.37. The van der Waals surface area contributed by atoms with E-state index < -0.39 is 14.6 Å². The van der Waals surface area contributed by atoms with Gasteiger partial charge in [0.2, 0.25) is 0 Å². The summed E-state index contributed by atoms with van der Waals surface area (Å²) in [6.45, 7) is 5.95. The zero-order valence-electron chi connectivity index (χ0n) is 12.8. The summed E-state index contributed by atoms with van der Waals surface area (Å²) in [6, 6.07) is 6.68. The van der Waals surface area contributed by atoms with E-state index >= 15 is 0 Å². The third-order valence-corrected chi connectivity index (χ3v) is 6.39. The van der Waals surface area contributed by atoms with Crippen LogP contribution in [-0.4, -0.2) is 24.7 Å². The second kappa shape index (κ2) is 6.52. The Labute approximate surface area is 139 Å². The van der Waals surface area contributed by atoms with E-state index in [0.717, 1.165) is 4.47 Å². The zero-order valence-corrected chi connectivity index (χ0v) is 15.2. The minimum Gasteiger partial charge on any atom is -0.445 e. The number of nitrogens with one attached hydrogen (secondary N) is 1. The molecule has 0 unspecified atom stereocenters. The third kappa shape index (κ3) is 3.77. The van der Waals surface area contributed by atoms with Crippen LogP contribution in [0.25, 0.3) is 0 Å². The molecule has 1 heterocycles. The van der Waals surface area contributed by atoms with Gasteiger partial charge in [0, 0.05) is 17.9 Å². The lowest BCUT2D eigenvalue weighted by molar-refractivity contribution is 0.443. The van der Waals surface area contributed by atoms with Crippen LogP contribution in [0.5, 0.6) is 0 Å². The monoisotopic (exact) mass is 386 g/mol. The standard InChI is InChI=1S/C15H19BrN2O3S/c1-11-18-9-13(21-11)8-17-10-15(2,3)22(19,20)14-6-4-12(16)5-7-14/h4-7,9,17H,8,10H2,1-3H3. The Morgan fingerprint density at radius 2 is 1.91 bits per heavy atom. The van der Waals surface area contributed by atoms with Gasteiger partial charge in [-0.05, 0) is 38.1 Å². The number of oxazole rings is 1. The van der Waals surface area contributed by atoms with Crippen molar-refractivity contribution in [3.63, 3.8) is 0 Å². The van der Waals surface area contributed by atoms with Crippen molar-refractivity contribution >= 4 is 25.8 Å². The predicted molar refractivity (Wildman–Crippen MR) is 88.4 cm³/mol. The number of benzene rings is 1. The Morgan fingerprint density at radius 1 is 1.27 bits per heavy atom. The molecule has 5 nitrogen and oxygen atoms in total. The average Bonchev–Trinajstić information content (AvgIpc) is 2.84. The molecule has 0 fully saturated rings. The molecule has 2 rings (SSSR count). The van der Waals surface area contributed by atoms with Crippen molar-refractivity contribution in [2.75, 3.05) is 6.54 Å². The fourth-order valence-electron chi connectivity index (χ4n) is 2.00. The van der Waals surface area contributed by atoms with E-state index in [1.807, 2.05) is 0 Å². The highest BCUT2D eigenvalue weighted by Crippen LogP contribution is 2.26. The molecule has 0 amide bonds. The Kier molecular flexibility index (Phi) is 5.09. The lowest BCUT2D eigenvalue weighted by Crippen LogP contribution is -2.42. The van der Waals surface area contributed by atoms with Gasteiger partial charge in [-0.15, -0.1) is 0 Å². The maximum atomic E-state index is 12.7. The second-order valence-corrected chi connectivity index (χ2v) is 9.17. The summed E-state index contributed by atoms with van der Waals surface area (Å²) in [4.78, 5) is 4.32. The Bertz CT molecular complexity index is 736. The first-order valence-electron chi connectivity index (χ1n) is 6.84. The largest absolute Gasteiger partial charge is 0.445 e. The van der Waals surface area contributed by atoms with E-state index in [9.17, 15) is 8.42 Å². The van der Waals surface area contributed by atoms with Crippen LogP contribution < -0.4 is 5.32 Å². The quantitative estimate of drug-likeness (QED) is 0.825. The number of aromatic nitrogens is 1. The second-order valence-electron chi connectivity index (χ2n) is 5.67. The maximum absolute atomic E-state index is 12.7. The summed E-state index contributed by atoms with van der Waals surface area (Å²) >= 11 is 3.31. The van der Waals surface area contributed by atoms with Crippen molar-refractivity contribution in [2.24, 2.45) is 0 Å². The van der Waals surface area contributed by atoms with E-state index in [1.165, 1.54) is 0 Å². The van der Waals surface area contributed by atoms with E-state index in [2.05, 4.69) is 26.2 Å². The molecule has 120 valence electrons. The van der Waals surface area contributed by atoms with Crippen LogP contribution in [0.15, 0.2) is 44.2 Å². The Balaban J connectivity index is 2.06. The highest BCUT2D eigenvalue weighted by atomic mass is 79.9. The van der Waals surface area contributed by atoms with Gasteiger partial charge in [-0.2, -0.15) is 0 Å². The zero-order chi connectivity index (χ0) is 16.4. The lowest BCUT2D eigenvalue weighted by Gasteiger charge is -2.25. The molecule has 1 aromatic heterocycles. The molecule has 0 aliphatic rings. The molecule has 2 aromatic rings. The van der Waals surface area contributed by atoms with Gasteiger partial charge in [0.15, 0.2) is 15.7 Å². The number of hydrogen-bond donors (Lipinski definition) is 1. The van der Waals surface area contributed by atoms with Crippen LogP contribution in [0.3, 0.4) is 0 Å². The molecule has 7 heteroatoms. The number of hydrogen-bond acceptors (Lipinski definition) is 5. The van der Waals surface area contributed by atoms with Crippen LogP contribution in [0, 0.1) is 6.92 Å². The van der Waals surface area contributed by atoms with Crippen LogP contribution >= 0.6 is 15.9 Å². The van der Waals surface area contributed by atoms with Gasteiger partial charge >= 0.3 is 0 Å². The number of rotatable bonds is 6. The van der Waals surface area contributed by atoms with Crippen LogP contribution in [0.2, 0.25) is 0 Å². The van der Waals surface area contributed by atoms with Crippen molar-refractivity contribution < 1.29 is 12.8 Å². The molecule has 0 saturated carbocycles. The first-order valence-corrected chi connectivity index (χ1v) is 9.12. The Hall–Kier alpha value is -1.18. The SMILES string of the molecule is Cc1ncc(CNCC(C)(C)S(=O)(=O)c2ccc(Br)cc2)o1. The van der Waals surface area contributed by atoms with Crippen molar-refractivity contribution in [1.29, 1.82) is 0 Å². The topological polar surface area (TPSA) is 72.2 Å². The van der Waals surface area contributed by atoms with Crippen molar-refractivity contribution in [1.82, 2.24) is 10.3 Å². The lowest BCUT2D eigenvalue weighted by atomic mass is 10.2. The summed E-state index contributed by atoms with van der Waals surface area (Å²) in [7, 11) is -3.43. The molecule has 1 N–H and O–H groups in total. The molecule has 0 atom stereocenters. The van der Waals surface area contributed by atoms with Gasteiger partial charge < -0.3 is 9.73 Å². The van der Waals surface area contributed by atoms with Gasteiger partial charge in [-0.25, -0.2) is 13.4 Å². The number of sulfone groups is 1. The van der Waals surface area contributed by atoms with Gasteiger partial charge in [-0.3, -0.25) is 0 Å². The van der Waals surface area contributed by atoms with E-state index in [1.54, 1.807) is 51.2 Å². The highest BCUT2D eigenvalue weighted by molar-refractivity contribution is 9.10. The molecular weight excluding hydrogens is 368 g/mol. The van der Waals surface area contributed by atoms with Crippen LogP contribution in [0.1, 0.15) is 25.5 Å². The fraction of sp³-hybridized carbons (Fsp3) is 0.400. The Morgan fingerprint density at radius 3 is 2.45 bits per heavy atom. The number of halogens is 1. The smallest absolute Gasteiger partial charge is 0.191 e. The summed E-state index contributed by atoms with van der Waals surface area (Å²) in [5.74, 6) is 1.29. The maximum Gasteiger partial charge on any atom is 0.191 e. The molecule has 0 spiro atoms. The van der Waals surface area contributed by atoms with E-state index in [0.29, 0.717) is 29.6 Å². The molecule has 0 aliphatic heterocycles. The minimum absolute atomic E-state index is 0.311. The predicted octanol–water partition coefficient (Wildman–Crippen LogP) is 3.09. The fourth-order valence-corrected chi connectivity index (χ4v) is 3.69. The number of nitrogens with zero attached hydrogens (tertiary/aromatic N) is 1.